The summed E-state index contributed by atoms with van der Waals surface area (Å²) in [4.78, 5) is 11.7. The van der Waals surface area contributed by atoms with E-state index in [1.807, 2.05) is 31.2 Å². The number of benzene rings is 1. The Hall–Kier alpha value is -1.56. The second-order valence-corrected chi connectivity index (χ2v) is 8.01. The number of sulfone groups is 1. The van der Waals surface area contributed by atoms with Crippen LogP contribution in [0, 0.1) is 6.92 Å². The highest BCUT2D eigenvalue weighted by molar-refractivity contribution is 7.92. The molecule has 0 heterocycles. The van der Waals surface area contributed by atoms with Crippen LogP contribution in [0.2, 0.25) is 0 Å². The van der Waals surface area contributed by atoms with E-state index >= 15 is 0 Å². The van der Waals surface area contributed by atoms with E-state index in [1.54, 1.807) is 20.8 Å². The van der Waals surface area contributed by atoms with Crippen molar-refractivity contribution in [3.63, 3.8) is 0 Å². The van der Waals surface area contributed by atoms with E-state index in [2.05, 4.69) is 5.32 Å². The van der Waals surface area contributed by atoms with Gasteiger partial charge in [0.1, 0.15) is 18.1 Å². The van der Waals surface area contributed by atoms with Crippen LogP contribution in [-0.2, 0) is 14.6 Å². The molecule has 1 aromatic rings. The van der Waals surface area contributed by atoms with E-state index in [4.69, 9.17) is 4.74 Å². The third kappa shape index (κ3) is 6.16. The van der Waals surface area contributed by atoms with Crippen molar-refractivity contribution in [1.29, 1.82) is 0 Å². The molecule has 0 bridgehead atoms. The summed E-state index contributed by atoms with van der Waals surface area (Å²) in [5.41, 5.74) is 1.09. The number of amides is 1. The summed E-state index contributed by atoms with van der Waals surface area (Å²) in [6.45, 7) is 7.15. The summed E-state index contributed by atoms with van der Waals surface area (Å²) in [7, 11) is -3.37. The van der Waals surface area contributed by atoms with Crippen molar-refractivity contribution in [2.24, 2.45) is 0 Å². The predicted octanol–water partition coefficient (Wildman–Crippen LogP) is 1.70. The average Bonchev–Trinajstić information content (AvgIpc) is 2.35. The molecule has 1 rings (SSSR count). The van der Waals surface area contributed by atoms with Gasteiger partial charge in [-0.3, -0.25) is 4.79 Å². The molecule has 1 aromatic carbocycles. The Morgan fingerprint density at radius 2 is 1.95 bits per heavy atom. The van der Waals surface area contributed by atoms with Gasteiger partial charge in [-0.2, -0.15) is 0 Å². The summed E-state index contributed by atoms with van der Waals surface area (Å²) in [5, 5.41) is 2.08. The van der Waals surface area contributed by atoms with Gasteiger partial charge in [0.2, 0.25) is 5.91 Å². The first kappa shape index (κ1) is 17.5. The molecule has 0 saturated carbocycles. The minimum atomic E-state index is -3.37. The first-order chi connectivity index (χ1) is 9.70. The van der Waals surface area contributed by atoms with E-state index in [1.165, 1.54) is 0 Å². The third-order valence-corrected chi connectivity index (χ3v) is 5.05. The van der Waals surface area contributed by atoms with Crippen LogP contribution in [0.1, 0.15) is 26.3 Å². The zero-order valence-electron chi connectivity index (χ0n) is 12.9. The second-order valence-electron chi connectivity index (χ2n) is 5.45. The van der Waals surface area contributed by atoms with Gasteiger partial charge in [-0.15, -0.1) is 0 Å². The summed E-state index contributed by atoms with van der Waals surface area (Å²) in [6, 6.07) is 7.33. The first-order valence-electron chi connectivity index (χ1n) is 6.91. The molecule has 0 fully saturated rings. The highest BCUT2D eigenvalue weighted by Crippen LogP contribution is 2.12. The van der Waals surface area contributed by atoms with Crippen LogP contribution in [0.5, 0.6) is 5.75 Å². The van der Waals surface area contributed by atoms with Gasteiger partial charge in [0, 0.05) is 0 Å². The highest BCUT2D eigenvalue weighted by atomic mass is 32.2. The van der Waals surface area contributed by atoms with Crippen LogP contribution in [0.25, 0.3) is 0 Å². The molecule has 0 radical (unpaired) electrons. The quantitative estimate of drug-likeness (QED) is 0.831. The van der Waals surface area contributed by atoms with Crippen LogP contribution in [0.3, 0.4) is 0 Å². The Morgan fingerprint density at radius 1 is 1.29 bits per heavy atom. The molecule has 0 aliphatic carbocycles. The molecule has 0 saturated heterocycles. The van der Waals surface area contributed by atoms with Gasteiger partial charge in [0.15, 0.2) is 9.84 Å². The maximum absolute atomic E-state index is 11.7. The number of carbonyl (C=O) groups is 1. The maximum atomic E-state index is 11.7. The molecule has 6 heteroatoms. The number of nitrogens with one attached hydrogen (secondary N) is 1. The van der Waals surface area contributed by atoms with Gasteiger partial charge in [-0.1, -0.05) is 12.1 Å². The Bertz CT molecular complexity index is 581. The van der Waals surface area contributed by atoms with Crippen LogP contribution in [0.15, 0.2) is 24.3 Å². The van der Waals surface area contributed by atoms with Gasteiger partial charge < -0.3 is 10.1 Å². The molecular weight excluding hydrogens is 290 g/mol. The lowest BCUT2D eigenvalue weighted by Gasteiger charge is -2.16. The number of aryl methyl sites for hydroxylation is 1. The van der Waals surface area contributed by atoms with E-state index in [0.29, 0.717) is 0 Å². The molecule has 21 heavy (non-hydrogen) atoms. The second kappa shape index (κ2) is 7.45. The number of hydrogen-bond donors (Lipinski definition) is 1. The molecule has 0 aromatic heterocycles. The lowest BCUT2D eigenvalue weighted by Crippen LogP contribution is -2.41. The van der Waals surface area contributed by atoms with Crippen molar-refractivity contribution in [2.45, 2.75) is 39.0 Å². The van der Waals surface area contributed by atoms with E-state index in [0.717, 1.165) is 11.3 Å². The van der Waals surface area contributed by atoms with Crippen molar-refractivity contribution >= 4 is 15.7 Å². The number of carbonyl (C=O) groups excluding carboxylic acids is 1. The van der Waals surface area contributed by atoms with Gasteiger partial charge >= 0.3 is 0 Å². The smallest absolute Gasteiger partial charge is 0.235 e. The summed E-state index contributed by atoms with van der Waals surface area (Å²) >= 11 is 0. The van der Waals surface area contributed by atoms with E-state index in [-0.39, 0.29) is 12.6 Å². The first-order valence-corrected chi connectivity index (χ1v) is 8.62. The van der Waals surface area contributed by atoms with Crippen molar-refractivity contribution in [3.05, 3.63) is 29.8 Å². The number of hydrogen-bond acceptors (Lipinski definition) is 4. The lowest BCUT2D eigenvalue weighted by atomic mass is 10.2. The summed E-state index contributed by atoms with van der Waals surface area (Å²) < 4.78 is 28.9. The van der Waals surface area contributed by atoms with Crippen molar-refractivity contribution in [1.82, 2.24) is 5.32 Å². The van der Waals surface area contributed by atoms with Crippen molar-refractivity contribution in [3.8, 4) is 5.75 Å². The van der Waals surface area contributed by atoms with E-state index in [9.17, 15) is 13.2 Å². The molecule has 1 N–H and O–H groups in total. The Balaban J connectivity index is 2.43. The standard InChI is InChI=1S/C15H23NO4S/c1-11(2)21(18,19)10-15(17)16-13(4)9-20-14-7-5-6-12(3)8-14/h5-8,11,13H,9-10H2,1-4H3,(H,16,17). The fourth-order valence-corrected chi connectivity index (χ4v) is 2.42. The Kier molecular flexibility index (Phi) is 6.20. The topological polar surface area (TPSA) is 72.5 Å². The van der Waals surface area contributed by atoms with Crippen molar-refractivity contribution in [2.75, 3.05) is 12.4 Å². The minimum Gasteiger partial charge on any atom is -0.491 e. The van der Waals surface area contributed by atoms with Crippen LogP contribution >= 0.6 is 0 Å². The third-order valence-electron chi connectivity index (χ3n) is 2.95. The Labute approximate surface area is 126 Å². The molecule has 1 unspecified atom stereocenters. The van der Waals surface area contributed by atoms with Gasteiger partial charge in [-0.05, 0) is 45.4 Å². The van der Waals surface area contributed by atoms with Gasteiger partial charge in [0.25, 0.3) is 0 Å². The SMILES string of the molecule is Cc1cccc(OCC(C)NC(=O)CS(=O)(=O)C(C)C)c1. The monoisotopic (exact) mass is 313 g/mol. The summed E-state index contributed by atoms with van der Waals surface area (Å²) in [5.74, 6) is -0.255. The molecule has 0 spiro atoms. The average molecular weight is 313 g/mol. The molecule has 0 aliphatic rings. The molecule has 1 atom stereocenters. The van der Waals surface area contributed by atoms with Crippen molar-refractivity contribution < 1.29 is 17.9 Å². The Morgan fingerprint density at radius 3 is 2.52 bits per heavy atom. The largest absolute Gasteiger partial charge is 0.491 e. The fourth-order valence-electron chi connectivity index (χ4n) is 1.63. The van der Waals surface area contributed by atoms with Crippen LogP contribution in [-0.4, -0.2) is 38.0 Å². The minimum absolute atomic E-state index is 0.264. The molecule has 5 nitrogen and oxygen atoms in total. The van der Waals surface area contributed by atoms with E-state index < -0.39 is 26.7 Å². The molecule has 0 aliphatic heterocycles. The molecule has 1 amide bonds. The van der Waals surface area contributed by atoms with Gasteiger partial charge in [-0.25, -0.2) is 8.42 Å². The maximum Gasteiger partial charge on any atom is 0.235 e. The van der Waals surface area contributed by atoms with Crippen LogP contribution < -0.4 is 10.1 Å². The summed E-state index contributed by atoms with van der Waals surface area (Å²) in [6.07, 6.45) is 0. The van der Waals surface area contributed by atoms with Gasteiger partial charge in [0.05, 0.1) is 11.3 Å². The molecule has 118 valence electrons. The lowest BCUT2D eigenvalue weighted by molar-refractivity contribution is -0.119. The zero-order valence-corrected chi connectivity index (χ0v) is 13.7. The number of ether oxygens (including phenoxy) is 1. The molecular formula is C15H23NO4S. The normalized spacial score (nSPS) is 13.0. The van der Waals surface area contributed by atoms with Crippen LogP contribution in [0.4, 0.5) is 0 Å². The number of rotatable bonds is 7. The predicted molar refractivity (Wildman–Crippen MR) is 83.2 cm³/mol. The highest BCUT2D eigenvalue weighted by Gasteiger charge is 2.21. The zero-order chi connectivity index (χ0) is 16.0. The fraction of sp³-hybridized carbons (Fsp3) is 0.533.